The van der Waals surface area contributed by atoms with Crippen LogP contribution in [0.25, 0.3) is 0 Å². The molecule has 0 amide bonds. The van der Waals surface area contributed by atoms with Crippen LogP contribution in [0, 0.1) is 6.92 Å². The molecule has 1 aromatic rings. The Balaban J connectivity index is 2.35. The molecule has 0 aliphatic heterocycles. The van der Waals surface area contributed by atoms with E-state index in [9.17, 15) is 8.42 Å². The highest BCUT2D eigenvalue weighted by atomic mass is 32.2. The summed E-state index contributed by atoms with van der Waals surface area (Å²) < 4.78 is 26.5. The van der Waals surface area contributed by atoms with Crippen molar-refractivity contribution in [2.45, 2.75) is 43.9 Å². The van der Waals surface area contributed by atoms with E-state index in [-0.39, 0.29) is 17.2 Å². The lowest BCUT2D eigenvalue weighted by atomic mass is 10.3. The van der Waals surface area contributed by atoms with Crippen molar-refractivity contribution in [3.63, 3.8) is 0 Å². The Morgan fingerprint density at radius 2 is 2.19 bits per heavy atom. The standard InChI is InChI=1S/C9H15N3O3S/c1-6-7(5-13)8(11-10-6)16(14,15)12-9(2)3-4-9/h12-13H,3-5H2,1-2H3,(H,10,11). The topological polar surface area (TPSA) is 95.1 Å². The van der Waals surface area contributed by atoms with Gasteiger partial charge in [-0.25, -0.2) is 13.1 Å². The first-order chi connectivity index (χ1) is 7.38. The minimum absolute atomic E-state index is 0.0966. The fourth-order valence-corrected chi connectivity index (χ4v) is 3.16. The van der Waals surface area contributed by atoms with Gasteiger partial charge in [-0.15, -0.1) is 0 Å². The van der Waals surface area contributed by atoms with E-state index in [1.54, 1.807) is 6.92 Å². The van der Waals surface area contributed by atoms with Gasteiger partial charge in [0.25, 0.3) is 10.0 Å². The van der Waals surface area contributed by atoms with Crippen molar-refractivity contribution in [3.8, 4) is 0 Å². The second kappa shape index (κ2) is 3.54. The third-order valence-corrected chi connectivity index (χ3v) is 4.44. The molecule has 0 unspecified atom stereocenters. The van der Waals surface area contributed by atoms with E-state index in [4.69, 9.17) is 5.11 Å². The summed E-state index contributed by atoms with van der Waals surface area (Å²) in [5, 5.41) is 15.3. The predicted molar refractivity (Wildman–Crippen MR) is 57.2 cm³/mol. The van der Waals surface area contributed by atoms with Crippen LogP contribution < -0.4 is 4.72 Å². The Kier molecular flexibility index (Phi) is 2.56. The minimum atomic E-state index is -3.63. The molecule has 7 heteroatoms. The highest BCUT2D eigenvalue weighted by Crippen LogP contribution is 2.36. The van der Waals surface area contributed by atoms with Gasteiger partial charge in [0.15, 0.2) is 5.03 Å². The number of aromatic amines is 1. The van der Waals surface area contributed by atoms with Crippen molar-refractivity contribution in [1.29, 1.82) is 0 Å². The number of nitrogens with zero attached hydrogens (tertiary/aromatic N) is 1. The number of aryl methyl sites for hydroxylation is 1. The van der Waals surface area contributed by atoms with Gasteiger partial charge in [-0.2, -0.15) is 5.10 Å². The quantitative estimate of drug-likeness (QED) is 0.698. The molecule has 0 radical (unpaired) electrons. The molecule has 1 aliphatic rings. The Hall–Kier alpha value is -0.920. The van der Waals surface area contributed by atoms with E-state index >= 15 is 0 Å². The molecule has 0 aromatic carbocycles. The molecule has 0 bridgehead atoms. The summed E-state index contributed by atoms with van der Waals surface area (Å²) in [6.07, 6.45) is 1.67. The van der Waals surface area contributed by atoms with E-state index in [1.807, 2.05) is 6.92 Å². The molecule has 1 saturated carbocycles. The Bertz CT molecular complexity index is 502. The van der Waals surface area contributed by atoms with Crippen LogP contribution >= 0.6 is 0 Å². The number of aliphatic hydroxyl groups excluding tert-OH is 1. The Labute approximate surface area is 94.1 Å². The van der Waals surface area contributed by atoms with Crippen LogP contribution in [0.2, 0.25) is 0 Å². The monoisotopic (exact) mass is 245 g/mol. The van der Waals surface area contributed by atoms with Gasteiger partial charge in [0.1, 0.15) is 0 Å². The molecule has 90 valence electrons. The fraction of sp³-hybridized carbons (Fsp3) is 0.667. The van der Waals surface area contributed by atoms with Crippen LogP contribution in [0.1, 0.15) is 31.0 Å². The average molecular weight is 245 g/mol. The number of nitrogens with one attached hydrogen (secondary N) is 2. The lowest BCUT2D eigenvalue weighted by Gasteiger charge is -2.10. The van der Waals surface area contributed by atoms with Gasteiger partial charge < -0.3 is 5.11 Å². The summed E-state index contributed by atoms with van der Waals surface area (Å²) in [7, 11) is -3.63. The molecule has 1 fully saturated rings. The fourth-order valence-electron chi connectivity index (χ4n) is 1.50. The molecular weight excluding hydrogens is 230 g/mol. The van der Waals surface area contributed by atoms with Crippen molar-refractivity contribution >= 4 is 10.0 Å². The summed E-state index contributed by atoms with van der Waals surface area (Å²) in [5.41, 5.74) is 0.568. The number of rotatable bonds is 4. The molecule has 1 aromatic heterocycles. The highest BCUT2D eigenvalue weighted by molar-refractivity contribution is 7.89. The van der Waals surface area contributed by atoms with Gasteiger partial charge in [0.05, 0.1) is 6.61 Å². The van der Waals surface area contributed by atoms with Crippen LogP contribution in [0.3, 0.4) is 0 Å². The third-order valence-electron chi connectivity index (χ3n) is 2.83. The maximum atomic E-state index is 12.0. The van der Waals surface area contributed by atoms with Crippen LogP contribution in [-0.2, 0) is 16.6 Å². The summed E-state index contributed by atoms with van der Waals surface area (Å²) >= 11 is 0. The maximum absolute atomic E-state index is 12.0. The van der Waals surface area contributed by atoms with Crippen molar-refractivity contribution in [2.24, 2.45) is 0 Å². The van der Waals surface area contributed by atoms with E-state index in [1.165, 1.54) is 0 Å². The van der Waals surface area contributed by atoms with Crippen LogP contribution in [0.5, 0.6) is 0 Å². The second-order valence-corrected chi connectivity index (χ2v) is 6.05. The lowest BCUT2D eigenvalue weighted by molar-refractivity contribution is 0.277. The molecule has 6 nitrogen and oxygen atoms in total. The first kappa shape index (κ1) is 11.6. The number of aliphatic hydroxyl groups is 1. The smallest absolute Gasteiger partial charge is 0.260 e. The van der Waals surface area contributed by atoms with E-state index in [0.717, 1.165) is 12.8 Å². The van der Waals surface area contributed by atoms with Crippen molar-refractivity contribution in [1.82, 2.24) is 14.9 Å². The summed E-state index contributed by atoms with van der Waals surface area (Å²) in [5.74, 6) is 0. The van der Waals surface area contributed by atoms with E-state index in [0.29, 0.717) is 11.3 Å². The second-order valence-electron chi connectivity index (χ2n) is 4.46. The summed E-state index contributed by atoms with van der Waals surface area (Å²) in [4.78, 5) is 0. The minimum Gasteiger partial charge on any atom is -0.392 e. The highest BCUT2D eigenvalue weighted by Gasteiger charge is 2.42. The average Bonchev–Trinajstić information content (AvgIpc) is 2.76. The number of hydrogen-bond donors (Lipinski definition) is 3. The zero-order valence-electron chi connectivity index (χ0n) is 9.24. The molecule has 0 saturated heterocycles. The summed E-state index contributed by atoms with van der Waals surface area (Å²) in [6.45, 7) is 3.19. The van der Waals surface area contributed by atoms with Gasteiger partial charge in [-0.3, -0.25) is 5.10 Å². The zero-order chi connectivity index (χ0) is 12.0. The lowest BCUT2D eigenvalue weighted by Crippen LogP contribution is -2.34. The van der Waals surface area contributed by atoms with Gasteiger partial charge in [0.2, 0.25) is 0 Å². The Morgan fingerprint density at radius 3 is 2.69 bits per heavy atom. The van der Waals surface area contributed by atoms with Crippen molar-refractivity contribution < 1.29 is 13.5 Å². The SMILES string of the molecule is Cc1[nH]nc(S(=O)(=O)NC2(C)CC2)c1CO. The summed E-state index contributed by atoms with van der Waals surface area (Å²) in [6, 6.07) is 0. The molecule has 2 rings (SSSR count). The van der Waals surface area contributed by atoms with Gasteiger partial charge in [-0.05, 0) is 26.7 Å². The first-order valence-corrected chi connectivity index (χ1v) is 6.55. The molecule has 0 atom stereocenters. The molecular formula is C9H15N3O3S. The number of hydrogen-bond acceptors (Lipinski definition) is 4. The molecule has 1 aliphatic carbocycles. The van der Waals surface area contributed by atoms with Crippen molar-refractivity contribution in [3.05, 3.63) is 11.3 Å². The maximum Gasteiger partial charge on any atom is 0.260 e. The van der Waals surface area contributed by atoms with E-state index in [2.05, 4.69) is 14.9 Å². The Morgan fingerprint density at radius 1 is 1.56 bits per heavy atom. The van der Waals surface area contributed by atoms with Crippen LogP contribution in [-0.4, -0.2) is 29.3 Å². The van der Waals surface area contributed by atoms with Crippen molar-refractivity contribution in [2.75, 3.05) is 0 Å². The molecule has 3 N–H and O–H groups in total. The van der Waals surface area contributed by atoms with Gasteiger partial charge >= 0.3 is 0 Å². The first-order valence-electron chi connectivity index (χ1n) is 5.07. The van der Waals surface area contributed by atoms with E-state index < -0.39 is 10.0 Å². The predicted octanol–water partition coefficient (Wildman–Crippen LogP) is 0.0412. The van der Waals surface area contributed by atoms with Gasteiger partial charge in [-0.1, -0.05) is 0 Å². The van der Waals surface area contributed by atoms with Gasteiger partial charge in [0, 0.05) is 16.8 Å². The largest absolute Gasteiger partial charge is 0.392 e. The number of aromatic nitrogens is 2. The number of H-pyrrole nitrogens is 1. The van der Waals surface area contributed by atoms with Crippen LogP contribution in [0.15, 0.2) is 5.03 Å². The normalized spacial score (nSPS) is 18.7. The molecule has 0 spiro atoms. The zero-order valence-corrected chi connectivity index (χ0v) is 10.1. The number of sulfonamides is 1. The van der Waals surface area contributed by atoms with Crippen LogP contribution in [0.4, 0.5) is 0 Å². The molecule has 16 heavy (non-hydrogen) atoms. The third kappa shape index (κ3) is 1.98. The molecule has 1 heterocycles.